The van der Waals surface area contributed by atoms with E-state index in [0.29, 0.717) is 0 Å². The zero-order chi connectivity index (χ0) is 54.7. The highest BCUT2D eigenvalue weighted by Crippen LogP contribution is 2.45. The third-order valence-electron chi connectivity index (χ3n) is 17.4. The number of hydrogen-bond acceptors (Lipinski definition) is 6. The van der Waals surface area contributed by atoms with Crippen molar-refractivity contribution >= 4 is 132 Å². The Labute approximate surface area is 477 Å². The second-order valence-corrected chi connectivity index (χ2v) is 22.3. The van der Waals surface area contributed by atoms with Crippen LogP contribution in [0.15, 0.2) is 281 Å². The molecule has 0 radical (unpaired) electrons. The summed E-state index contributed by atoms with van der Waals surface area (Å²) in [4.78, 5) is 0. The lowest BCUT2D eigenvalue weighted by molar-refractivity contribution is 0.664. The van der Waals surface area contributed by atoms with Crippen molar-refractivity contribution in [3.63, 3.8) is 0 Å². The van der Waals surface area contributed by atoms with Crippen LogP contribution < -0.4 is 0 Å². The van der Waals surface area contributed by atoms with Gasteiger partial charge in [-0.3, -0.25) is 0 Å². The van der Waals surface area contributed by atoms with Crippen molar-refractivity contribution < 1.29 is 26.5 Å². The van der Waals surface area contributed by atoms with E-state index < -0.39 is 0 Å². The van der Waals surface area contributed by atoms with Gasteiger partial charge >= 0.3 is 0 Å². The van der Waals surface area contributed by atoms with E-state index in [-0.39, 0.29) is 0 Å². The molecule has 13 aromatic carbocycles. The molecule has 390 valence electrons. The van der Waals surface area contributed by atoms with Crippen molar-refractivity contribution in [2.75, 3.05) is 0 Å². The Morgan fingerprint density at radius 3 is 0.619 bits per heavy atom. The Bertz CT molecular complexity index is 5370. The van der Waals surface area contributed by atoms with E-state index in [1.165, 1.54) is 0 Å². The molecule has 19 aromatic rings. The lowest BCUT2D eigenvalue weighted by Crippen LogP contribution is -1.86. The molecule has 0 saturated heterocycles. The topological polar surface area (TPSA) is 78.8 Å². The molecular formula is C78H42O6. The molecule has 0 bridgehead atoms. The van der Waals surface area contributed by atoms with Gasteiger partial charge in [0.25, 0.3) is 0 Å². The number of rotatable bonds is 6. The summed E-state index contributed by atoms with van der Waals surface area (Å²) in [6.07, 6.45) is 0. The van der Waals surface area contributed by atoms with Crippen LogP contribution in [-0.4, -0.2) is 0 Å². The second kappa shape index (κ2) is 17.1. The van der Waals surface area contributed by atoms with Crippen molar-refractivity contribution in [1.82, 2.24) is 0 Å². The molecule has 84 heavy (non-hydrogen) atoms. The largest absolute Gasteiger partial charge is 0.456 e. The quantitative estimate of drug-likeness (QED) is 0.165. The van der Waals surface area contributed by atoms with E-state index in [1.54, 1.807) is 0 Å². The molecule has 6 heterocycles. The Hall–Kier alpha value is -11.3. The Morgan fingerprint density at radius 2 is 0.333 bits per heavy atom. The first-order valence-corrected chi connectivity index (χ1v) is 28.3. The van der Waals surface area contributed by atoms with E-state index in [2.05, 4.69) is 237 Å². The van der Waals surface area contributed by atoms with Gasteiger partial charge in [-0.25, -0.2) is 0 Å². The fourth-order valence-electron chi connectivity index (χ4n) is 13.2. The minimum Gasteiger partial charge on any atom is -0.456 e. The Morgan fingerprint density at radius 1 is 0.119 bits per heavy atom. The fourth-order valence-corrected chi connectivity index (χ4v) is 13.2. The van der Waals surface area contributed by atoms with Crippen LogP contribution in [0, 0.1) is 0 Å². The molecule has 0 aliphatic rings. The predicted octanol–water partition coefficient (Wildman–Crippen LogP) is 23.1. The highest BCUT2D eigenvalue weighted by atomic mass is 16.4. The molecular weight excluding hydrogens is 1030 g/mol. The van der Waals surface area contributed by atoms with Crippen LogP contribution in [0.5, 0.6) is 0 Å². The maximum atomic E-state index is 6.80. The van der Waals surface area contributed by atoms with Crippen molar-refractivity contribution in [1.29, 1.82) is 0 Å². The van der Waals surface area contributed by atoms with Crippen molar-refractivity contribution in [3.05, 3.63) is 255 Å². The smallest absolute Gasteiger partial charge is 0.136 e. The summed E-state index contributed by atoms with van der Waals surface area (Å²) in [5, 5.41) is 12.3. The Kier molecular flexibility index (Phi) is 9.24. The summed E-state index contributed by atoms with van der Waals surface area (Å²) < 4.78 is 39.9. The summed E-state index contributed by atoms with van der Waals surface area (Å²) in [6.45, 7) is 0. The van der Waals surface area contributed by atoms with Crippen molar-refractivity contribution in [2.24, 2.45) is 0 Å². The summed E-state index contributed by atoms with van der Waals surface area (Å²) in [6, 6.07) is 89.8. The van der Waals surface area contributed by atoms with Gasteiger partial charge in [-0.2, -0.15) is 0 Å². The van der Waals surface area contributed by atoms with Crippen LogP contribution in [0.1, 0.15) is 0 Å². The van der Waals surface area contributed by atoms with Gasteiger partial charge in [0, 0.05) is 64.6 Å². The van der Waals surface area contributed by atoms with Gasteiger partial charge in [0.1, 0.15) is 67.0 Å². The minimum absolute atomic E-state index is 0.799. The number of fused-ring (bicyclic) bond motifs is 18. The number of furan rings is 6. The highest BCUT2D eigenvalue weighted by molar-refractivity contribution is 6.19. The Balaban J connectivity index is 0.746. The first-order valence-electron chi connectivity index (χ1n) is 28.3. The third kappa shape index (κ3) is 6.92. The highest BCUT2D eigenvalue weighted by Gasteiger charge is 2.20. The fraction of sp³-hybridized carbons (Fsp3) is 0. The van der Waals surface area contributed by atoms with Crippen LogP contribution >= 0.6 is 0 Å². The molecule has 0 saturated carbocycles. The van der Waals surface area contributed by atoms with E-state index in [9.17, 15) is 0 Å². The zero-order valence-electron chi connectivity index (χ0n) is 44.7. The number of benzene rings is 13. The van der Waals surface area contributed by atoms with Gasteiger partial charge in [0.15, 0.2) is 0 Å². The van der Waals surface area contributed by atoms with E-state index >= 15 is 0 Å². The van der Waals surface area contributed by atoms with Crippen LogP contribution in [0.25, 0.3) is 198 Å². The summed E-state index contributed by atoms with van der Waals surface area (Å²) >= 11 is 0. The van der Waals surface area contributed by atoms with Gasteiger partial charge in [0.2, 0.25) is 0 Å². The first-order chi connectivity index (χ1) is 41.5. The lowest BCUT2D eigenvalue weighted by atomic mass is 9.92. The van der Waals surface area contributed by atoms with Crippen LogP contribution in [-0.2, 0) is 0 Å². The summed E-state index contributed by atoms with van der Waals surface area (Å²) in [7, 11) is 0. The molecule has 0 aliphatic carbocycles. The maximum Gasteiger partial charge on any atom is 0.136 e. The zero-order valence-corrected chi connectivity index (χ0v) is 44.7. The summed E-state index contributed by atoms with van der Waals surface area (Å²) in [5.74, 6) is 0. The molecule has 0 fully saturated rings. The molecule has 0 N–H and O–H groups in total. The van der Waals surface area contributed by atoms with Gasteiger partial charge < -0.3 is 26.5 Å². The molecule has 0 aliphatic heterocycles. The summed E-state index contributed by atoms with van der Waals surface area (Å²) in [5.41, 5.74) is 23.0. The van der Waals surface area contributed by atoms with Crippen LogP contribution in [0.3, 0.4) is 0 Å². The maximum absolute atomic E-state index is 6.80. The van der Waals surface area contributed by atoms with E-state index in [1.807, 2.05) is 18.2 Å². The molecule has 6 heteroatoms. The van der Waals surface area contributed by atoms with Gasteiger partial charge in [-0.05, 0) is 194 Å². The first kappa shape index (κ1) is 45.4. The molecule has 0 unspecified atom stereocenters. The molecule has 19 rings (SSSR count). The SMILES string of the molecule is c1ccc(-c2ccc3oc4cc5c(cc4c3c2)oc2cc(-c3cc(-c4ccc6c(c4)oc4cc7c(cc46)oc4ccc(-c6ccccc6)cc47)cc(-c4ccc6c(c4)oc4cc7c(cc46)oc4ccc(-c6ccccc6)cc47)c3)ccc25)cc1. The minimum atomic E-state index is 0.799. The monoisotopic (exact) mass is 1070 g/mol. The normalized spacial score (nSPS) is 12.3. The standard InChI is InChI=1S/C78H42O6/c1-4-10-43(11-5-1)46-19-25-67-58(31-46)64-40-73-61(37-76(64)79-67)55-22-16-49(34-70(55)82-73)52-28-53(50-17-23-56-62-38-77-65(41-74(62)83-71(56)35-50)59-32-47(20-26-68(59)80-77)44-12-6-2-7-13-44)30-54(29-52)51-18-24-57-63-39-78-66(42-75(63)84-72(57)36-51)60-33-48(21-27-69(60)81-78)45-14-8-3-9-15-45/h1-42H. The average Bonchev–Trinajstić information content (AvgIpc) is 2.35. The van der Waals surface area contributed by atoms with E-state index in [0.717, 1.165) is 198 Å². The van der Waals surface area contributed by atoms with Gasteiger partial charge in [-0.15, -0.1) is 0 Å². The van der Waals surface area contributed by atoms with Gasteiger partial charge in [0.05, 0.1) is 0 Å². The third-order valence-corrected chi connectivity index (χ3v) is 17.4. The lowest BCUT2D eigenvalue weighted by Gasteiger charge is -2.12. The average molecular weight is 1080 g/mol. The van der Waals surface area contributed by atoms with Gasteiger partial charge in [-0.1, -0.05) is 127 Å². The second-order valence-electron chi connectivity index (χ2n) is 22.3. The molecule has 0 atom stereocenters. The van der Waals surface area contributed by atoms with Crippen LogP contribution in [0.2, 0.25) is 0 Å². The molecule has 0 spiro atoms. The van der Waals surface area contributed by atoms with E-state index in [4.69, 9.17) is 26.5 Å². The molecule has 0 amide bonds. The van der Waals surface area contributed by atoms with Crippen molar-refractivity contribution in [2.45, 2.75) is 0 Å². The predicted molar refractivity (Wildman–Crippen MR) is 343 cm³/mol. The number of hydrogen-bond donors (Lipinski definition) is 0. The molecule has 6 nitrogen and oxygen atoms in total. The molecule has 6 aromatic heterocycles. The van der Waals surface area contributed by atoms with Crippen LogP contribution in [0.4, 0.5) is 0 Å². The van der Waals surface area contributed by atoms with Crippen molar-refractivity contribution in [3.8, 4) is 66.8 Å².